The number of pyridine rings is 1. The van der Waals surface area contributed by atoms with Gasteiger partial charge in [-0.25, -0.2) is 17.8 Å². The van der Waals surface area contributed by atoms with Crippen molar-refractivity contribution in [1.29, 1.82) is 5.26 Å². The Morgan fingerprint density at radius 3 is 2.47 bits per heavy atom. The van der Waals surface area contributed by atoms with Crippen molar-refractivity contribution in [1.82, 2.24) is 4.98 Å². The van der Waals surface area contributed by atoms with Crippen LogP contribution in [-0.4, -0.2) is 13.4 Å². The summed E-state index contributed by atoms with van der Waals surface area (Å²) in [7, 11) is -3.95. The third-order valence-corrected chi connectivity index (χ3v) is 6.69. The summed E-state index contributed by atoms with van der Waals surface area (Å²) in [5.41, 5.74) is 0.825. The van der Waals surface area contributed by atoms with Crippen LogP contribution in [0.1, 0.15) is 10.4 Å². The summed E-state index contributed by atoms with van der Waals surface area (Å²) in [4.78, 5) is 5.43. The zero-order valence-electron chi connectivity index (χ0n) is 16.5. The number of ether oxygens (including phenoxy) is 1. The van der Waals surface area contributed by atoms with Crippen LogP contribution in [0.15, 0.2) is 83.1 Å². The van der Waals surface area contributed by atoms with Crippen LogP contribution in [0.4, 0.5) is 10.1 Å². The van der Waals surface area contributed by atoms with Crippen LogP contribution >= 0.6 is 11.3 Å². The van der Waals surface area contributed by atoms with E-state index in [1.54, 1.807) is 18.2 Å². The molecule has 0 amide bonds. The van der Waals surface area contributed by atoms with Gasteiger partial charge >= 0.3 is 0 Å². The maximum absolute atomic E-state index is 13.5. The molecule has 0 radical (unpaired) electrons. The minimum atomic E-state index is -3.95. The van der Waals surface area contributed by atoms with E-state index in [-0.39, 0.29) is 34.3 Å². The lowest BCUT2D eigenvalue weighted by atomic mass is 10.1. The molecule has 4 rings (SSSR count). The SMILES string of the molecule is N#Cc1cc(NS(=O)(=O)c2ccccc2)c(-c2ccc(F)cc2)nc1OCc1cccs1. The van der Waals surface area contributed by atoms with Crippen LogP contribution in [0.3, 0.4) is 0 Å². The van der Waals surface area contributed by atoms with Crippen molar-refractivity contribution >= 4 is 27.0 Å². The molecule has 0 bridgehead atoms. The highest BCUT2D eigenvalue weighted by atomic mass is 32.2. The van der Waals surface area contributed by atoms with Gasteiger partial charge in [0, 0.05) is 10.4 Å². The lowest BCUT2D eigenvalue weighted by molar-refractivity contribution is 0.297. The van der Waals surface area contributed by atoms with Crippen LogP contribution in [0.2, 0.25) is 0 Å². The lowest BCUT2D eigenvalue weighted by Gasteiger charge is -2.15. The first-order chi connectivity index (χ1) is 15.5. The molecule has 1 N–H and O–H groups in total. The molecule has 0 saturated carbocycles. The molecule has 2 aromatic heterocycles. The second kappa shape index (κ2) is 9.18. The van der Waals surface area contributed by atoms with Crippen LogP contribution in [0, 0.1) is 17.1 Å². The smallest absolute Gasteiger partial charge is 0.261 e. The quantitative estimate of drug-likeness (QED) is 0.405. The average molecular weight is 466 g/mol. The fourth-order valence-corrected chi connectivity index (χ4v) is 4.62. The predicted octanol–water partition coefficient (Wildman–Crippen LogP) is 5.20. The van der Waals surface area contributed by atoms with Crippen LogP contribution in [0.25, 0.3) is 11.3 Å². The van der Waals surface area contributed by atoms with Gasteiger partial charge in [0.15, 0.2) is 0 Å². The standard InChI is InChI=1S/C23H16FN3O3S2/c24-18-10-8-16(9-11-18)22-21(27-32(28,29)20-6-2-1-3-7-20)13-17(14-25)23(26-22)30-15-19-5-4-12-31-19/h1-13,27H,15H2. The Hall–Kier alpha value is -3.74. The fraction of sp³-hybridized carbons (Fsp3) is 0.0435. The molecule has 0 aliphatic heterocycles. The molecule has 0 aliphatic carbocycles. The van der Waals surface area contributed by atoms with Gasteiger partial charge in [0.05, 0.1) is 16.3 Å². The number of nitrogens with one attached hydrogen (secondary N) is 1. The van der Waals surface area contributed by atoms with Crippen molar-refractivity contribution in [2.75, 3.05) is 4.72 Å². The first-order valence-corrected chi connectivity index (χ1v) is 11.8. The first-order valence-electron chi connectivity index (χ1n) is 9.40. The number of sulfonamides is 1. The number of halogens is 1. The van der Waals surface area contributed by atoms with Crippen molar-refractivity contribution in [2.45, 2.75) is 11.5 Å². The molecule has 0 saturated heterocycles. The highest BCUT2D eigenvalue weighted by Crippen LogP contribution is 2.33. The van der Waals surface area contributed by atoms with E-state index in [1.807, 2.05) is 23.6 Å². The Kier molecular flexibility index (Phi) is 6.16. The van der Waals surface area contributed by atoms with Crippen LogP contribution < -0.4 is 9.46 Å². The van der Waals surface area contributed by atoms with E-state index in [9.17, 15) is 18.1 Å². The summed E-state index contributed by atoms with van der Waals surface area (Å²) < 4.78 is 47.5. The summed E-state index contributed by atoms with van der Waals surface area (Å²) in [6, 6.07) is 20.4. The number of hydrogen-bond donors (Lipinski definition) is 1. The normalized spacial score (nSPS) is 11.0. The summed E-state index contributed by atoms with van der Waals surface area (Å²) in [6.45, 7) is 0.206. The van der Waals surface area contributed by atoms with E-state index in [2.05, 4.69) is 9.71 Å². The van der Waals surface area contributed by atoms with Gasteiger partial charge in [-0.1, -0.05) is 24.3 Å². The molecule has 0 aliphatic rings. The number of hydrogen-bond acceptors (Lipinski definition) is 6. The van der Waals surface area contributed by atoms with Gasteiger partial charge in [-0.15, -0.1) is 11.3 Å². The van der Waals surface area contributed by atoms with Crippen molar-refractivity contribution in [3.05, 3.63) is 94.4 Å². The Balaban J connectivity index is 1.78. The van der Waals surface area contributed by atoms with Crippen molar-refractivity contribution < 1.29 is 17.5 Å². The van der Waals surface area contributed by atoms with E-state index in [0.29, 0.717) is 5.56 Å². The second-order valence-electron chi connectivity index (χ2n) is 6.64. The molecule has 0 atom stereocenters. The average Bonchev–Trinajstić information content (AvgIpc) is 3.32. The Morgan fingerprint density at radius 1 is 1.06 bits per heavy atom. The number of anilines is 1. The molecular formula is C23H16FN3O3S2. The van der Waals surface area contributed by atoms with Crippen molar-refractivity contribution in [3.63, 3.8) is 0 Å². The summed E-state index contributed by atoms with van der Waals surface area (Å²) in [6.07, 6.45) is 0. The number of thiophene rings is 1. The van der Waals surface area contributed by atoms with E-state index in [1.165, 1.54) is 53.8 Å². The van der Waals surface area contributed by atoms with Crippen molar-refractivity contribution in [2.24, 2.45) is 0 Å². The first kappa shape index (κ1) is 21.5. The van der Waals surface area contributed by atoms with Crippen molar-refractivity contribution in [3.8, 4) is 23.2 Å². The van der Waals surface area contributed by atoms with Gasteiger partial charge in [-0.05, 0) is 53.9 Å². The zero-order valence-corrected chi connectivity index (χ0v) is 18.2. The molecular weight excluding hydrogens is 449 g/mol. The number of rotatable bonds is 7. The third kappa shape index (κ3) is 4.77. The largest absolute Gasteiger partial charge is 0.471 e. The van der Waals surface area contributed by atoms with E-state index in [0.717, 1.165) is 4.88 Å². The minimum Gasteiger partial charge on any atom is -0.471 e. The van der Waals surface area contributed by atoms with Gasteiger partial charge in [-0.3, -0.25) is 4.72 Å². The number of nitriles is 1. The topological polar surface area (TPSA) is 92.1 Å². The molecule has 0 fully saturated rings. The molecule has 2 heterocycles. The fourth-order valence-electron chi connectivity index (χ4n) is 2.93. The lowest BCUT2D eigenvalue weighted by Crippen LogP contribution is -2.14. The Bertz CT molecular complexity index is 1370. The molecule has 32 heavy (non-hydrogen) atoms. The molecule has 6 nitrogen and oxygen atoms in total. The summed E-state index contributed by atoms with van der Waals surface area (Å²) in [5.74, 6) is -0.383. The van der Waals surface area contributed by atoms with Gasteiger partial charge in [0.1, 0.15) is 24.1 Å². The van der Waals surface area contributed by atoms with Crippen LogP contribution in [-0.2, 0) is 16.6 Å². The number of nitrogens with zero attached hydrogens (tertiary/aromatic N) is 2. The summed E-state index contributed by atoms with van der Waals surface area (Å²) >= 11 is 1.50. The van der Waals surface area contributed by atoms with Gasteiger partial charge in [0.2, 0.25) is 5.88 Å². The predicted molar refractivity (Wildman–Crippen MR) is 120 cm³/mol. The maximum atomic E-state index is 13.5. The second-order valence-corrected chi connectivity index (χ2v) is 9.36. The maximum Gasteiger partial charge on any atom is 0.261 e. The molecule has 0 spiro atoms. The molecule has 0 unspecified atom stereocenters. The monoisotopic (exact) mass is 465 g/mol. The third-order valence-electron chi connectivity index (χ3n) is 4.45. The van der Waals surface area contributed by atoms with Gasteiger partial charge < -0.3 is 4.74 Å². The highest BCUT2D eigenvalue weighted by Gasteiger charge is 2.21. The summed E-state index contributed by atoms with van der Waals surface area (Å²) in [5, 5.41) is 11.5. The number of benzene rings is 2. The van der Waals surface area contributed by atoms with Gasteiger partial charge in [0.25, 0.3) is 10.0 Å². The minimum absolute atomic E-state index is 0.0570. The van der Waals surface area contributed by atoms with E-state index >= 15 is 0 Å². The molecule has 2 aromatic carbocycles. The zero-order chi connectivity index (χ0) is 22.6. The Morgan fingerprint density at radius 2 is 1.81 bits per heavy atom. The van der Waals surface area contributed by atoms with Crippen LogP contribution in [0.5, 0.6) is 5.88 Å². The number of aromatic nitrogens is 1. The van der Waals surface area contributed by atoms with Gasteiger partial charge in [-0.2, -0.15) is 5.26 Å². The molecule has 4 aromatic rings. The van der Waals surface area contributed by atoms with E-state index in [4.69, 9.17) is 4.74 Å². The Labute approximate surface area is 188 Å². The highest BCUT2D eigenvalue weighted by molar-refractivity contribution is 7.92. The van der Waals surface area contributed by atoms with E-state index < -0.39 is 15.8 Å². The molecule has 9 heteroatoms. The molecule has 160 valence electrons.